The zero-order valence-corrected chi connectivity index (χ0v) is 10.1. The minimum Gasteiger partial charge on any atom is -0.384 e. The molecule has 2 aromatic rings. The van der Waals surface area contributed by atoms with Crippen LogP contribution in [0.1, 0.15) is 16.8 Å². The fourth-order valence-corrected chi connectivity index (χ4v) is 1.69. The van der Waals surface area contributed by atoms with Crippen molar-refractivity contribution in [1.82, 2.24) is 9.78 Å². The summed E-state index contributed by atoms with van der Waals surface area (Å²) in [5, 5.41) is 10.6. The Morgan fingerprint density at radius 1 is 1.30 bits per heavy atom. The summed E-state index contributed by atoms with van der Waals surface area (Å²) in [5.74, 6) is -0.932. The molecule has 0 radical (unpaired) electrons. The second-order valence-electron chi connectivity index (χ2n) is 4.16. The lowest BCUT2D eigenvalue weighted by atomic mass is 10.1. The molecule has 0 atom stereocenters. The van der Waals surface area contributed by atoms with Crippen LogP contribution in [0.3, 0.4) is 0 Å². The number of nitrogens with two attached hydrogens (primary N) is 1. The summed E-state index contributed by atoms with van der Waals surface area (Å²) in [6.45, 7) is -0.0475. The third-order valence-electron chi connectivity index (χ3n) is 2.54. The van der Waals surface area contributed by atoms with E-state index in [0.29, 0.717) is 5.56 Å². The molecule has 106 valence electrons. The maximum absolute atomic E-state index is 13.3. The number of nitrogens with zero attached hydrogens (tertiary/aromatic N) is 2. The Morgan fingerprint density at radius 3 is 2.55 bits per heavy atom. The highest BCUT2D eigenvalue weighted by Crippen LogP contribution is 2.27. The summed E-state index contributed by atoms with van der Waals surface area (Å²) in [6.07, 6.45) is -3.36. The average Bonchev–Trinajstić information content (AvgIpc) is 2.76. The van der Waals surface area contributed by atoms with Crippen molar-refractivity contribution in [3.05, 3.63) is 53.1 Å². The fourth-order valence-electron chi connectivity index (χ4n) is 1.69. The first-order chi connectivity index (χ1) is 9.25. The molecule has 0 saturated heterocycles. The van der Waals surface area contributed by atoms with E-state index in [0.717, 1.165) is 29.1 Å². The van der Waals surface area contributed by atoms with Crippen molar-refractivity contribution in [2.75, 3.05) is 0 Å². The number of alkyl halides is 3. The quantitative estimate of drug-likeness (QED) is 0.517. The van der Waals surface area contributed by atoms with Gasteiger partial charge in [-0.05, 0) is 29.8 Å². The first kappa shape index (κ1) is 14.0. The molecule has 0 unspecified atom stereocenters. The van der Waals surface area contributed by atoms with Gasteiger partial charge >= 0.3 is 6.18 Å². The van der Waals surface area contributed by atoms with Crippen molar-refractivity contribution in [3.63, 3.8) is 0 Å². The summed E-state index contributed by atoms with van der Waals surface area (Å²) in [7, 11) is 0. The number of hydrogen-bond donors (Lipinski definition) is 2. The summed E-state index contributed by atoms with van der Waals surface area (Å²) >= 11 is 0. The first-order valence-electron chi connectivity index (χ1n) is 5.50. The molecule has 0 aliphatic rings. The van der Waals surface area contributed by atoms with E-state index in [9.17, 15) is 17.6 Å². The second-order valence-corrected chi connectivity index (χ2v) is 4.16. The molecule has 0 saturated carbocycles. The van der Waals surface area contributed by atoms with Gasteiger partial charge in [0, 0.05) is 11.8 Å². The van der Waals surface area contributed by atoms with E-state index in [-0.39, 0.29) is 17.9 Å². The molecular formula is C12H10F4N4. The highest BCUT2D eigenvalue weighted by Gasteiger charge is 2.33. The van der Waals surface area contributed by atoms with Crippen LogP contribution in [0.2, 0.25) is 0 Å². The number of nitrogen functional groups attached to an aromatic ring is 1. The van der Waals surface area contributed by atoms with Crippen LogP contribution in [0.15, 0.2) is 30.5 Å². The van der Waals surface area contributed by atoms with Crippen LogP contribution in [-0.4, -0.2) is 15.6 Å². The smallest absolute Gasteiger partial charge is 0.384 e. The number of hydrogen-bond acceptors (Lipinski definition) is 2. The van der Waals surface area contributed by atoms with E-state index < -0.39 is 17.7 Å². The maximum Gasteiger partial charge on any atom is 0.435 e. The standard InChI is InChI=1S/C12H10F4N4/c13-9-4-7(3-8(5-9)11(17)18)6-20-2-1-10(19-20)12(14,15)16/h1-5H,6H2,(H3,17,18). The molecule has 2 rings (SSSR count). The fraction of sp³-hybridized carbons (Fsp3) is 0.167. The van der Waals surface area contributed by atoms with Crippen LogP contribution in [0.4, 0.5) is 17.6 Å². The van der Waals surface area contributed by atoms with Gasteiger partial charge in [0.15, 0.2) is 5.69 Å². The second kappa shape index (κ2) is 4.95. The lowest BCUT2D eigenvalue weighted by Crippen LogP contribution is -2.13. The van der Waals surface area contributed by atoms with Crippen LogP contribution in [0.5, 0.6) is 0 Å². The minimum absolute atomic E-state index is 0.0475. The molecular weight excluding hydrogens is 276 g/mol. The van der Waals surface area contributed by atoms with E-state index in [1.54, 1.807) is 0 Å². The third kappa shape index (κ3) is 3.14. The van der Waals surface area contributed by atoms with Crippen LogP contribution < -0.4 is 5.73 Å². The van der Waals surface area contributed by atoms with Crippen molar-refractivity contribution in [2.24, 2.45) is 5.73 Å². The SMILES string of the molecule is N=C(N)c1cc(F)cc(Cn2ccc(C(F)(F)F)n2)c1. The monoisotopic (exact) mass is 286 g/mol. The molecule has 4 nitrogen and oxygen atoms in total. The Balaban J connectivity index is 2.26. The summed E-state index contributed by atoms with van der Waals surface area (Å²) in [5.41, 5.74) is 4.78. The van der Waals surface area contributed by atoms with Crippen LogP contribution in [-0.2, 0) is 12.7 Å². The van der Waals surface area contributed by atoms with Gasteiger partial charge in [0.1, 0.15) is 11.7 Å². The van der Waals surface area contributed by atoms with Gasteiger partial charge in [-0.2, -0.15) is 18.3 Å². The van der Waals surface area contributed by atoms with Gasteiger partial charge in [0.25, 0.3) is 0 Å². The van der Waals surface area contributed by atoms with Crippen molar-refractivity contribution in [2.45, 2.75) is 12.7 Å². The topological polar surface area (TPSA) is 67.7 Å². The number of halogens is 4. The van der Waals surface area contributed by atoms with Gasteiger partial charge in [-0.1, -0.05) is 0 Å². The van der Waals surface area contributed by atoms with E-state index in [1.165, 1.54) is 6.07 Å². The zero-order chi connectivity index (χ0) is 14.9. The van der Waals surface area contributed by atoms with E-state index in [2.05, 4.69) is 5.10 Å². The molecule has 0 aliphatic carbocycles. The Hall–Kier alpha value is -2.38. The predicted molar refractivity (Wildman–Crippen MR) is 63.7 cm³/mol. The van der Waals surface area contributed by atoms with Crippen molar-refractivity contribution in [3.8, 4) is 0 Å². The molecule has 0 fully saturated rings. The number of amidine groups is 1. The summed E-state index contributed by atoms with van der Waals surface area (Å²) in [6, 6.07) is 4.50. The molecule has 0 bridgehead atoms. The largest absolute Gasteiger partial charge is 0.435 e. The average molecular weight is 286 g/mol. The molecule has 20 heavy (non-hydrogen) atoms. The highest BCUT2D eigenvalue weighted by molar-refractivity contribution is 5.95. The zero-order valence-electron chi connectivity index (χ0n) is 10.1. The van der Waals surface area contributed by atoms with Crippen LogP contribution in [0.25, 0.3) is 0 Å². The Kier molecular flexibility index (Phi) is 3.47. The Labute approximate surface area is 111 Å². The van der Waals surface area contributed by atoms with Gasteiger partial charge in [-0.3, -0.25) is 10.1 Å². The lowest BCUT2D eigenvalue weighted by Gasteiger charge is -2.06. The van der Waals surface area contributed by atoms with Gasteiger partial charge in [-0.15, -0.1) is 0 Å². The number of nitrogens with one attached hydrogen (secondary N) is 1. The van der Waals surface area contributed by atoms with Crippen molar-refractivity contribution >= 4 is 5.84 Å². The lowest BCUT2D eigenvalue weighted by molar-refractivity contribution is -0.141. The molecule has 3 N–H and O–H groups in total. The number of rotatable bonds is 3. The summed E-state index contributed by atoms with van der Waals surface area (Å²) in [4.78, 5) is 0. The van der Waals surface area contributed by atoms with Gasteiger partial charge < -0.3 is 5.73 Å². The Morgan fingerprint density at radius 2 is 2.00 bits per heavy atom. The first-order valence-corrected chi connectivity index (χ1v) is 5.50. The van der Waals surface area contributed by atoms with Gasteiger partial charge in [0.2, 0.25) is 0 Å². The normalized spacial score (nSPS) is 11.6. The molecule has 0 aliphatic heterocycles. The van der Waals surface area contributed by atoms with E-state index in [1.807, 2.05) is 0 Å². The Bertz CT molecular complexity index is 645. The molecule has 1 aromatic carbocycles. The molecule has 8 heteroatoms. The van der Waals surface area contributed by atoms with E-state index in [4.69, 9.17) is 11.1 Å². The molecule has 1 aromatic heterocycles. The molecule has 0 spiro atoms. The highest BCUT2D eigenvalue weighted by atomic mass is 19.4. The van der Waals surface area contributed by atoms with Crippen LogP contribution in [0, 0.1) is 11.2 Å². The van der Waals surface area contributed by atoms with Gasteiger partial charge in [0.05, 0.1) is 6.54 Å². The molecule has 1 heterocycles. The molecule has 0 amide bonds. The van der Waals surface area contributed by atoms with Gasteiger partial charge in [-0.25, -0.2) is 4.39 Å². The third-order valence-corrected chi connectivity index (χ3v) is 2.54. The van der Waals surface area contributed by atoms with Crippen molar-refractivity contribution in [1.29, 1.82) is 5.41 Å². The number of aromatic nitrogens is 2. The number of benzene rings is 1. The minimum atomic E-state index is -4.52. The van der Waals surface area contributed by atoms with Crippen molar-refractivity contribution < 1.29 is 17.6 Å². The van der Waals surface area contributed by atoms with E-state index >= 15 is 0 Å². The predicted octanol–water partition coefficient (Wildman–Crippen LogP) is 2.37. The maximum atomic E-state index is 13.3. The van der Waals surface area contributed by atoms with Crippen LogP contribution >= 0.6 is 0 Å². The summed E-state index contributed by atoms with van der Waals surface area (Å²) < 4.78 is 51.5.